The number of hydrogen-bond acceptors (Lipinski definition) is 11. The van der Waals surface area contributed by atoms with Crippen LogP contribution in [0.5, 0.6) is 0 Å². The molecule has 12 heteroatoms. The number of carbonyl (C=O) groups excluding carboxylic acids is 3. The molecule has 0 aliphatic carbocycles. The van der Waals surface area contributed by atoms with E-state index in [2.05, 4.69) is 93.7 Å². The normalized spacial score (nSPS) is 18.0. The number of esters is 3. The molecular weight excluding hydrogens is 1040 g/mol. The molecular formula is C71H122O12. The lowest BCUT2D eigenvalue weighted by Gasteiger charge is -2.40. The molecule has 478 valence electrons. The van der Waals surface area contributed by atoms with Crippen molar-refractivity contribution in [2.75, 3.05) is 13.2 Å². The average Bonchev–Trinajstić information content (AvgIpc) is 3.60. The van der Waals surface area contributed by atoms with Gasteiger partial charge in [-0.25, -0.2) is 4.79 Å². The summed E-state index contributed by atoms with van der Waals surface area (Å²) in [6.07, 6.45) is 62.8. The van der Waals surface area contributed by atoms with Crippen LogP contribution in [0.4, 0.5) is 0 Å². The number of unbranched alkanes of at least 4 members (excludes halogenated alkanes) is 32. The number of carboxylic acid groups (broad SMARTS) is 1. The smallest absolute Gasteiger partial charge is 0.335 e. The number of hydrogen-bond donors (Lipinski definition) is 3. The molecule has 1 rings (SSSR count). The zero-order valence-corrected chi connectivity index (χ0v) is 52.9. The first kappa shape index (κ1) is 77.2. The van der Waals surface area contributed by atoms with E-state index in [1.165, 1.54) is 116 Å². The summed E-state index contributed by atoms with van der Waals surface area (Å²) >= 11 is 0. The number of aliphatic carboxylic acids is 1. The van der Waals surface area contributed by atoms with Crippen LogP contribution in [0.3, 0.4) is 0 Å². The van der Waals surface area contributed by atoms with E-state index in [1.54, 1.807) is 0 Å². The van der Waals surface area contributed by atoms with Crippen molar-refractivity contribution in [2.24, 2.45) is 0 Å². The number of carbonyl (C=O) groups is 4. The van der Waals surface area contributed by atoms with E-state index >= 15 is 0 Å². The summed E-state index contributed by atoms with van der Waals surface area (Å²) in [6.45, 7) is 5.88. The Kier molecular flexibility index (Phi) is 54.4. The third-order valence-corrected chi connectivity index (χ3v) is 15.3. The Morgan fingerprint density at radius 2 is 0.759 bits per heavy atom. The molecule has 0 spiro atoms. The van der Waals surface area contributed by atoms with Crippen molar-refractivity contribution in [1.29, 1.82) is 0 Å². The molecule has 1 aliphatic heterocycles. The van der Waals surface area contributed by atoms with Crippen LogP contribution in [-0.2, 0) is 42.9 Å². The molecule has 0 radical (unpaired) electrons. The predicted molar refractivity (Wildman–Crippen MR) is 340 cm³/mol. The van der Waals surface area contributed by atoms with Crippen molar-refractivity contribution < 1.29 is 58.2 Å². The molecule has 0 aromatic heterocycles. The molecule has 1 saturated heterocycles. The summed E-state index contributed by atoms with van der Waals surface area (Å²) < 4.78 is 28.6. The Bertz CT molecular complexity index is 1720. The van der Waals surface area contributed by atoms with Gasteiger partial charge in [-0.1, -0.05) is 267 Å². The Balaban J connectivity index is 2.64. The van der Waals surface area contributed by atoms with Crippen molar-refractivity contribution in [2.45, 2.75) is 340 Å². The van der Waals surface area contributed by atoms with Gasteiger partial charge in [0.15, 0.2) is 24.6 Å². The highest BCUT2D eigenvalue weighted by Gasteiger charge is 2.50. The minimum Gasteiger partial charge on any atom is -0.479 e. The van der Waals surface area contributed by atoms with E-state index < -0.39 is 67.3 Å². The van der Waals surface area contributed by atoms with Crippen LogP contribution in [0.2, 0.25) is 0 Å². The minimum absolute atomic E-state index is 0.0593. The zero-order valence-electron chi connectivity index (χ0n) is 52.9. The van der Waals surface area contributed by atoms with Crippen LogP contribution in [-0.4, -0.2) is 89.2 Å². The van der Waals surface area contributed by atoms with Gasteiger partial charge in [0.25, 0.3) is 0 Å². The summed E-state index contributed by atoms with van der Waals surface area (Å²) in [5.41, 5.74) is 0. The van der Waals surface area contributed by atoms with Gasteiger partial charge in [0.1, 0.15) is 18.8 Å². The molecule has 0 aromatic carbocycles. The first-order valence-electron chi connectivity index (χ1n) is 33.9. The van der Waals surface area contributed by atoms with Gasteiger partial charge in [-0.05, 0) is 89.9 Å². The van der Waals surface area contributed by atoms with Gasteiger partial charge in [0.05, 0.1) is 6.61 Å². The van der Waals surface area contributed by atoms with E-state index in [9.17, 15) is 34.5 Å². The maximum absolute atomic E-state index is 13.2. The van der Waals surface area contributed by atoms with Crippen LogP contribution >= 0.6 is 0 Å². The highest BCUT2D eigenvalue weighted by Crippen LogP contribution is 2.27. The van der Waals surface area contributed by atoms with Crippen molar-refractivity contribution in [1.82, 2.24) is 0 Å². The third-order valence-electron chi connectivity index (χ3n) is 15.3. The molecule has 0 amide bonds. The van der Waals surface area contributed by atoms with E-state index in [-0.39, 0.29) is 25.9 Å². The predicted octanol–water partition coefficient (Wildman–Crippen LogP) is 18.5. The SMILES string of the molecule is CC/C=C\C/C=C\C/C=C\CCCCCCCC(=O)OC(COC(=O)CCCCCCCC/C=C\C/C=C\C/C=C\CCCCC)COC1OC(C(=O)O)C(O)C(O)C1OC(=O)CCCCCCCCCCCCCCCCCCCCC. The molecule has 0 aromatic rings. The second-order valence-electron chi connectivity index (χ2n) is 23.1. The summed E-state index contributed by atoms with van der Waals surface area (Å²) in [5.74, 6) is -3.14. The molecule has 3 N–H and O–H groups in total. The Morgan fingerprint density at radius 3 is 1.18 bits per heavy atom. The molecule has 6 unspecified atom stereocenters. The van der Waals surface area contributed by atoms with Crippen LogP contribution in [0.25, 0.3) is 0 Å². The number of carboxylic acids is 1. The standard InChI is InChI=1S/C71H122O12/c1-4-7-10-13-16-19-22-25-28-30-32-34-37-39-42-45-48-51-54-57-63(72)79-60-62(81-64(73)58-55-52-49-46-43-40-36-27-24-21-18-15-12-9-6-3)61-80-71-69(67(76)66(75)68(83-71)70(77)78)82-65(74)59-56-53-50-47-44-41-38-35-33-31-29-26-23-20-17-14-11-8-5-2/h9,12,16,18-19,21,25,27-28,32,34,36,62,66-69,71,75-76H,4-8,10-11,13-15,17,20,22-24,26,29-31,33,35,37-61H2,1-3H3,(H,77,78)/b12-9-,19-16-,21-18-,28-25-,34-32-,36-27-. The van der Waals surface area contributed by atoms with Crippen LogP contribution in [0, 0.1) is 0 Å². The fourth-order valence-electron chi connectivity index (χ4n) is 10.1. The van der Waals surface area contributed by atoms with E-state index in [1.807, 2.05) is 0 Å². The van der Waals surface area contributed by atoms with Gasteiger partial charge in [-0.15, -0.1) is 0 Å². The molecule has 83 heavy (non-hydrogen) atoms. The molecule has 1 heterocycles. The maximum atomic E-state index is 13.2. The van der Waals surface area contributed by atoms with Gasteiger partial charge in [-0.2, -0.15) is 0 Å². The summed E-state index contributed by atoms with van der Waals surface area (Å²) in [5, 5.41) is 31.6. The Morgan fingerprint density at radius 1 is 0.410 bits per heavy atom. The number of rotatable bonds is 58. The molecule has 1 aliphatic rings. The van der Waals surface area contributed by atoms with Gasteiger partial charge in [0.2, 0.25) is 0 Å². The molecule has 1 fully saturated rings. The number of allylic oxidation sites excluding steroid dienone is 12. The molecule has 0 saturated carbocycles. The minimum atomic E-state index is -1.91. The first-order chi connectivity index (χ1) is 40.6. The summed E-state index contributed by atoms with van der Waals surface area (Å²) in [6, 6.07) is 0. The lowest BCUT2D eigenvalue weighted by molar-refractivity contribution is -0.301. The highest BCUT2D eigenvalue weighted by molar-refractivity contribution is 5.74. The van der Waals surface area contributed by atoms with Crippen LogP contribution in [0.15, 0.2) is 72.9 Å². The zero-order chi connectivity index (χ0) is 60.3. The van der Waals surface area contributed by atoms with E-state index in [4.69, 9.17) is 23.7 Å². The van der Waals surface area contributed by atoms with Gasteiger partial charge in [-0.3, -0.25) is 14.4 Å². The van der Waals surface area contributed by atoms with E-state index in [0.29, 0.717) is 19.3 Å². The summed E-state index contributed by atoms with van der Waals surface area (Å²) in [4.78, 5) is 51.4. The molecule has 0 bridgehead atoms. The largest absolute Gasteiger partial charge is 0.479 e. The fourth-order valence-corrected chi connectivity index (χ4v) is 10.1. The molecule has 6 atom stereocenters. The van der Waals surface area contributed by atoms with Crippen molar-refractivity contribution in [3.05, 3.63) is 72.9 Å². The van der Waals surface area contributed by atoms with Crippen molar-refractivity contribution in [3.63, 3.8) is 0 Å². The van der Waals surface area contributed by atoms with Gasteiger partial charge >= 0.3 is 23.9 Å². The van der Waals surface area contributed by atoms with Crippen LogP contribution in [0.1, 0.15) is 303 Å². The van der Waals surface area contributed by atoms with Crippen molar-refractivity contribution in [3.8, 4) is 0 Å². The topological polar surface area (TPSA) is 175 Å². The Labute approximate surface area is 506 Å². The number of aliphatic hydroxyl groups excluding tert-OH is 2. The molecule has 12 nitrogen and oxygen atoms in total. The third kappa shape index (κ3) is 48.0. The first-order valence-corrected chi connectivity index (χ1v) is 33.9. The average molecular weight is 1170 g/mol. The highest BCUT2D eigenvalue weighted by atomic mass is 16.7. The fraction of sp³-hybridized carbons (Fsp3) is 0.775. The van der Waals surface area contributed by atoms with Gasteiger partial charge < -0.3 is 39.0 Å². The van der Waals surface area contributed by atoms with Gasteiger partial charge in [0, 0.05) is 19.3 Å². The maximum Gasteiger partial charge on any atom is 0.335 e. The summed E-state index contributed by atoms with van der Waals surface area (Å²) in [7, 11) is 0. The second-order valence-corrected chi connectivity index (χ2v) is 23.1. The Hall–Kier alpha value is -3.84. The van der Waals surface area contributed by atoms with E-state index in [0.717, 1.165) is 128 Å². The monoisotopic (exact) mass is 1170 g/mol. The lowest BCUT2D eigenvalue weighted by atomic mass is 9.98. The van der Waals surface area contributed by atoms with Crippen molar-refractivity contribution >= 4 is 23.9 Å². The van der Waals surface area contributed by atoms with Crippen LogP contribution < -0.4 is 0 Å². The number of aliphatic hydroxyl groups is 2. The second kappa shape index (κ2) is 58.5. The number of ether oxygens (including phenoxy) is 5. The quantitative estimate of drug-likeness (QED) is 0.0228. The lowest BCUT2D eigenvalue weighted by Crippen LogP contribution is -2.61.